The topological polar surface area (TPSA) is 83.3 Å². The predicted octanol–water partition coefficient (Wildman–Crippen LogP) is 3.83. The third kappa shape index (κ3) is 4.68. The van der Waals surface area contributed by atoms with Gasteiger partial charge in [-0.1, -0.05) is 19.9 Å². The van der Waals surface area contributed by atoms with Gasteiger partial charge in [0, 0.05) is 11.8 Å². The van der Waals surface area contributed by atoms with Crippen LogP contribution >= 0.6 is 0 Å². The number of ether oxygens (including phenoxy) is 2. The van der Waals surface area contributed by atoms with Crippen LogP contribution in [0.3, 0.4) is 0 Å². The Balaban J connectivity index is 1.72. The van der Waals surface area contributed by atoms with Crippen molar-refractivity contribution in [3.05, 3.63) is 71.7 Å². The molecule has 0 saturated heterocycles. The maximum Gasteiger partial charge on any atom is 0.342 e. The molecular weight excluding hydrogens is 370 g/mol. The van der Waals surface area contributed by atoms with Crippen molar-refractivity contribution < 1.29 is 19.1 Å². The molecule has 0 unspecified atom stereocenters. The standard InChI is InChI=1S/C22H23N3O4/c1-4-28-17-10-8-16(9-11-17)19(26)14-29-22(27)18-13-24-25(21(18)15(2)3)20-7-5-6-12-23-20/h5-13,15H,4,14H2,1-3H3. The Hall–Kier alpha value is -3.48. The predicted molar refractivity (Wildman–Crippen MR) is 108 cm³/mol. The van der Waals surface area contributed by atoms with Crippen LogP contribution in [0.25, 0.3) is 5.82 Å². The lowest BCUT2D eigenvalue weighted by atomic mass is 10.1. The van der Waals surface area contributed by atoms with Crippen LogP contribution in [0.1, 0.15) is 53.1 Å². The quantitative estimate of drug-likeness (QED) is 0.427. The highest BCUT2D eigenvalue weighted by Gasteiger charge is 2.23. The molecule has 0 spiro atoms. The zero-order chi connectivity index (χ0) is 20.8. The number of benzene rings is 1. The molecule has 0 amide bonds. The van der Waals surface area contributed by atoms with Crippen LogP contribution in [-0.4, -0.2) is 39.7 Å². The number of nitrogens with zero attached hydrogens (tertiary/aromatic N) is 3. The lowest BCUT2D eigenvalue weighted by Gasteiger charge is -2.12. The highest BCUT2D eigenvalue weighted by molar-refractivity contribution is 5.99. The fraction of sp³-hybridized carbons (Fsp3) is 0.273. The minimum absolute atomic E-state index is 0.00358. The molecule has 2 aromatic heterocycles. The van der Waals surface area contributed by atoms with Gasteiger partial charge in [0.05, 0.1) is 18.5 Å². The Morgan fingerprint density at radius 2 is 1.86 bits per heavy atom. The van der Waals surface area contributed by atoms with Gasteiger partial charge in [-0.15, -0.1) is 0 Å². The summed E-state index contributed by atoms with van der Waals surface area (Å²) in [6, 6.07) is 12.2. The Labute approximate surface area is 169 Å². The van der Waals surface area contributed by atoms with E-state index in [1.165, 1.54) is 6.20 Å². The molecule has 0 radical (unpaired) electrons. The number of aromatic nitrogens is 3. The molecule has 1 aromatic carbocycles. The third-order valence-corrected chi connectivity index (χ3v) is 4.26. The zero-order valence-electron chi connectivity index (χ0n) is 16.7. The summed E-state index contributed by atoms with van der Waals surface area (Å²) in [6.07, 6.45) is 3.11. The molecule has 0 atom stereocenters. The summed E-state index contributed by atoms with van der Waals surface area (Å²) in [4.78, 5) is 29.3. The van der Waals surface area contributed by atoms with Crippen molar-refractivity contribution in [2.45, 2.75) is 26.7 Å². The first-order valence-electron chi connectivity index (χ1n) is 9.43. The number of pyridine rings is 1. The van der Waals surface area contributed by atoms with E-state index in [1.807, 2.05) is 39.0 Å². The van der Waals surface area contributed by atoms with Gasteiger partial charge in [-0.25, -0.2) is 14.5 Å². The molecule has 0 saturated carbocycles. The van der Waals surface area contributed by atoms with E-state index in [2.05, 4.69) is 10.1 Å². The second-order valence-electron chi connectivity index (χ2n) is 6.65. The van der Waals surface area contributed by atoms with E-state index in [9.17, 15) is 9.59 Å². The van der Waals surface area contributed by atoms with E-state index >= 15 is 0 Å². The van der Waals surface area contributed by atoms with Crippen LogP contribution in [0, 0.1) is 0 Å². The highest BCUT2D eigenvalue weighted by atomic mass is 16.5. The SMILES string of the molecule is CCOc1ccc(C(=O)COC(=O)c2cnn(-c3ccccn3)c2C(C)C)cc1. The summed E-state index contributed by atoms with van der Waals surface area (Å²) in [6.45, 7) is 6.00. The van der Waals surface area contributed by atoms with Crippen molar-refractivity contribution in [1.82, 2.24) is 14.8 Å². The maximum atomic E-state index is 12.6. The van der Waals surface area contributed by atoms with E-state index in [-0.39, 0.29) is 18.3 Å². The number of hydrogen-bond donors (Lipinski definition) is 0. The van der Waals surface area contributed by atoms with Gasteiger partial charge in [0.25, 0.3) is 0 Å². The van der Waals surface area contributed by atoms with Crippen molar-refractivity contribution >= 4 is 11.8 Å². The van der Waals surface area contributed by atoms with Crippen LogP contribution in [0.4, 0.5) is 0 Å². The van der Waals surface area contributed by atoms with Crippen LogP contribution in [0.5, 0.6) is 5.75 Å². The van der Waals surface area contributed by atoms with Crippen LogP contribution < -0.4 is 4.74 Å². The van der Waals surface area contributed by atoms with Gasteiger partial charge in [0.1, 0.15) is 11.3 Å². The number of rotatable bonds is 8. The minimum atomic E-state index is -0.588. The van der Waals surface area contributed by atoms with Crippen molar-refractivity contribution in [3.63, 3.8) is 0 Å². The van der Waals surface area contributed by atoms with Crippen LogP contribution in [0.2, 0.25) is 0 Å². The van der Waals surface area contributed by atoms with E-state index < -0.39 is 5.97 Å². The lowest BCUT2D eigenvalue weighted by molar-refractivity contribution is 0.0473. The molecule has 0 bridgehead atoms. The van der Waals surface area contributed by atoms with Crippen LogP contribution in [0.15, 0.2) is 54.9 Å². The van der Waals surface area contributed by atoms with Crippen molar-refractivity contribution in [2.75, 3.05) is 13.2 Å². The molecule has 29 heavy (non-hydrogen) atoms. The molecule has 0 fully saturated rings. The first-order valence-corrected chi connectivity index (χ1v) is 9.43. The molecule has 0 aliphatic heterocycles. The van der Waals surface area contributed by atoms with Gasteiger partial charge in [-0.05, 0) is 49.2 Å². The van der Waals surface area contributed by atoms with Gasteiger partial charge in [-0.2, -0.15) is 5.10 Å². The van der Waals surface area contributed by atoms with E-state index in [0.29, 0.717) is 35.0 Å². The number of ketones is 1. The number of esters is 1. The summed E-state index contributed by atoms with van der Waals surface area (Å²) in [5.41, 5.74) is 1.46. The van der Waals surface area contributed by atoms with Gasteiger partial charge >= 0.3 is 5.97 Å². The summed E-state index contributed by atoms with van der Waals surface area (Å²) in [7, 11) is 0. The van der Waals surface area contributed by atoms with Gasteiger partial charge in [-0.3, -0.25) is 4.79 Å². The largest absolute Gasteiger partial charge is 0.494 e. The van der Waals surface area contributed by atoms with Gasteiger partial charge in [0.2, 0.25) is 0 Å². The third-order valence-electron chi connectivity index (χ3n) is 4.26. The molecular formula is C22H23N3O4. The average molecular weight is 393 g/mol. The Morgan fingerprint density at radius 1 is 1.10 bits per heavy atom. The fourth-order valence-corrected chi connectivity index (χ4v) is 2.93. The monoisotopic (exact) mass is 393 g/mol. The maximum absolute atomic E-state index is 12.6. The first-order chi connectivity index (χ1) is 14.0. The van der Waals surface area contributed by atoms with Crippen LogP contribution in [-0.2, 0) is 4.74 Å². The number of carbonyl (C=O) groups is 2. The normalized spacial score (nSPS) is 10.8. The van der Waals surface area contributed by atoms with Gasteiger partial charge in [0.15, 0.2) is 18.2 Å². The Bertz CT molecular complexity index is 979. The van der Waals surface area contributed by atoms with Gasteiger partial charge < -0.3 is 9.47 Å². The Morgan fingerprint density at radius 3 is 2.48 bits per heavy atom. The summed E-state index contributed by atoms with van der Waals surface area (Å²) >= 11 is 0. The summed E-state index contributed by atoms with van der Waals surface area (Å²) in [5, 5.41) is 4.30. The van der Waals surface area contributed by atoms with E-state index in [4.69, 9.17) is 9.47 Å². The molecule has 0 aliphatic carbocycles. The molecule has 7 nitrogen and oxygen atoms in total. The van der Waals surface area contributed by atoms with Crippen molar-refractivity contribution in [2.24, 2.45) is 0 Å². The molecule has 0 aliphatic rings. The smallest absolute Gasteiger partial charge is 0.342 e. The van der Waals surface area contributed by atoms with E-state index in [0.717, 1.165) is 0 Å². The first kappa shape index (κ1) is 20.3. The lowest BCUT2D eigenvalue weighted by Crippen LogP contribution is -2.16. The summed E-state index contributed by atoms with van der Waals surface area (Å²) in [5.74, 6) is 0.425. The number of hydrogen-bond acceptors (Lipinski definition) is 6. The highest BCUT2D eigenvalue weighted by Crippen LogP contribution is 2.23. The average Bonchev–Trinajstić information content (AvgIpc) is 3.19. The van der Waals surface area contributed by atoms with Crippen molar-refractivity contribution in [3.8, 4) is 11.6 Å². The van der Waals surface area contributed by atoms with E-state index in [1.54, 1.807) is 35.1 Å². The zero-order valence-corrected chi connectivity index (χ0v) is 16.7. The molecule has 2 heterocycles. The summed E-state index contributed by atoms with van der Waals surface area (Å²) < 4.78 is 12.2. The second kappa shape index (κ2) is 9.14. The minimum Gasteiger partial charge on any atom is -0.494 e. The molecule has 150 valence electrons. The number of carbonyl (C=O) groups excluding carboxylic acids is 2. The molecule has 3 rings (SSSR count). The fourth-order valence-electron chi connectivity index (χ4n) is 2.93. The van der Waals surface area contributed by atoms with Crippen molar-refractivity contribution in [1.29, 1.82) is 0 Å². The molecule has 3 aromatic rings. The Kier molecular flexibility index (Phi) is 6.39. The second-order valence-corrected chi connectivity index (χ2v) is 6.65. The number of Topliss-reactive ketones (excluding diaryl/α,β-unsaturated/α-hetero) is 1. The molecule has 0 N–H and O–H groups in total. The molecule has 7 heteroatoms.